The topological polar surface area (TPSA) is 27.7 Å². The minimum absolute atomic E-state index is 0.585. The zero-order chi connectivity index (χ0) is 13.1. The van der Waals surface area contributed by atoms with Crippen LogP contribution < -0.4 is 5.32 Å². The number of hydrogen-bond donors (Lipinski definition) is 1. The van der Waals surface area contributed by atoms with Gasteiger partial charge in [-0.15, -0.1) is 0 Å². The number of hydrogen-bond acceptors (Lipinski definition) is 4. The van der Waals surface area contributed by atoms with Crippen molar-refractivity contribution in [2.24, 2.45) is 5.92 Å². The van der Waals surface area contributed by atoms with Crippen molar-refractivity contribution in [2.45, 2.75) is 38.3 Å². The van der Waals surface area contributed by atoms with Gasteiger partial charge in [-0.3, -0.25) is 4.90 Å². The number of fused-ring (bicyclic) bond motifs is 1. The highest BCUT2D eigenvalue weighted by molar-refractivity contribution is 4.90. The molecule has 3 atom stereocenters. The first-order chi connectivity index (χ1) is 9.36. The van der Waals surface area contributed by atoms with E-state index in [9.17, 15) is 0 Å². The molecule has 3 heterocycles. The molecule has 0 aromatic rings. The Labute approximate surface area is 117 Å². The zero-order valence-corrected chi connectivity index (χ0v) is 12.3. The molecule has 4 nitrogen and oxygen atoms in total. The summed E-state index contributed by atoms with van der Waals surface area (Å²) in [5.41, 5.74) is 0. The maximum absolute atomic E-state index is 5.70. The lowest BCUT2D eigenvalue weighted by molar-refractivity contribution is 0.0858. The molecular formula is C15H29N3O. The van der Waals surface area contributed by atoms with Crippen LogP contribution in [0.1, 0.15) is 26.2 Å². The van der Waals surface area contributed by atoms with E-state index in [0.717, 1.165) is 25.8 Å². The number of nitrogens with zero attached hydrogens (tertiary/aromatic N) is 2. The normalized spacial score (nSPS) is 36.8. The summed E-state index contributed by atoms with van der Waals surface area (Å²) in [6.45, 7) is 11.6. The molecule has 0 bridgehead atoms. The molecule has 3 aliphatic heterocycles. The van der Waals surface area contributed by atoms with Crippen molar-refractivity contribution >= 4 is 0 Å². The fourth-order valence-corrected chi connectivity index (χ4v) is 3.89. The molecule has 3 unspecified atom stereocenters. The van der Waals surface area contributed by atoms with Crippen molar-refractivity contribution in [3.8, 4) is 0 Å². The standard InChI is InChI=1S/C15H29N3O/c1-2-5-16-15-12-19-11-13(15)9-17-7-8-18-6-3-4-14(18)10-17/h13-16H,2-12H2,1H3. The lowest BCUT2D eigenvalue weighted by Crippen LogP contribution is -2.52. The Hall–Kier alpha value is -0.160. The van der Waals surface area contributed by atoms with Gasteiger partial charge >= 0.3 is 0 Å². The van der Waals surface area contributed by atoms with E-state index < -0.39 is 0 Å². The summed E-state index contributed by atoms with van der Waals surface area (Å²) in [5, 5.41) is 3.66. The third kappa shape index (κ3) is 3.30. The molecule has 0 radical (unpaired) electrons. The smallest absolute Gasteiger partial charge is 0.0623 e. The van der Waals surface area contributed by atoms with Crippen LogP contribution in [0.15, 0.2) is 0 Å². The van der Waals surface area contributed by atoms with Crippen molar-refractivity contribution in [1.29, 1.82) is 0 Å². The van der Waals surface area contributed by atoms with Gasteiger partial charge in [-0.05, 0) is 32.4 Å². The van der Waals surface area contributed by atoms with E-state index in [1.165, 1.54) is 52.0 Å². The molecule has 3 rings (SSSR count). The molecule has 19 heavy (non-hydrogen) atoms. The Bertz CT molecular complexity index is 287. The lowest BCUT2D eigenvalue weighted by Gasteiger charge is -2.39. The van der Waals surface area contributed by atoms with Crippen LogP contribution in [0.5, 0.6) is 0 Å². The first kappa shape index (κ1) is 13.8. The quantitative estimate of drug-likeness (QED) is 0.797. The predicted molar refractivity (Wildman–Crippen MR) is 77.4 cm³/mol. The Balaban J connectivity index is 1.47. The molecule has 3 saturated heterocycles. The van der Waals surface area contributed by atoms with Crippen LogP contribution in [-0.4, -0.2) is 74.4 Å². The maximum Gasteiger partial charge on any atom is 0.0623 e. The monoisotopic (exact) mass is 267 g/mol. The van der Waals surface area contributed by atoms with Crippen molar-refractivity contribution in [2.75, 3.05) is 52.5 Å². The molecular weight excluding hydrogens is 238 g/mol. The summed E-state index contributed by atoms with van der Waals surface area (Å²) in [6.07, 6.45) is 4.03. The number of ether oxygens (including phenoxy) is 1. The second-order valence-electron chi connectivity index (χ2n) is 6.45. The van der Waals surface area contributed by atoms with Crippen LogP contribution in [0.25, 0.3) is 0 Å². The molecule has 110 valence electrons. The Morgan fingerprint density at radius 2 is 2.16 bits per heavy atom. The van der Waals surface area contributed by atoms with E-state index in [2.05, 4.69) is 22.0 Å². The van der Waals surface area contributed by atoms with Crippen molar-refractivity contribution < 1.29 is 4.74 Å². The minimum atomic E-state index is 0.585. The second kappa shape index (κ2) is 6.53. The zero-order valence-electron chi connectivity index (χ0n) is 12.3. The average molecular weight is 267 g/mol. The highest BCUT2D eigenvalue weighted by Gasteiger charge is 2.34. The van der Waals surface area contributed by atoms with E-state index in [-0.39, 0.29) is 0 Å². The summed E-state index contributed by atoms with van der Waals surface area (Å²) < 4.78 is 5.70. The van der Waals surface area contributed by atoms with Crippen molar-refractivity contribution in [3.63, 3.8) is 0 Å². The fraction of sp³-hybridized carbons (Fsp3) is 1.00. The van der Waals surface area contributed by atoms with Crippen LogP contribution in [0.3, 0.4) is 0 Å². The van der Waals surface area contributed by atoms with E-state index in [1.54, 1.807) is 0 Å². The number of nitrogens with one attached hydrogen (secondary N) is 1. The van der Waals surface area contributed by atoms with E-state index in [4.69, 9.17) is 4.74 Å². The minimum Gasteiger partial charge on any atom is -0.379 e. The molecule has 0 aromatic heterocycles. The molecule has 3 aliphatic rings. The maximum atomic E-state index is 5.70. The highest BCUT2D eigenvalue weighted by Crippen LogP contribution is 2.23. The van der Waals surface area contributed by atoms with Gasteiger partial charge in [0.05, 0.1) is 13.2 Å². The van der Waals surface area contributed by atoms with Gasteiger partial charge in [0, 0.05) is 44.2 Å². The van der Waals surface area contributed by atoms with E-state index in [1.807, 2.05) is 0 Å². The lowest BCUT2D eigenvalue weighted by atomic mass is 10.0. The molecule has 0 aromatic carbocycles. The third-order valence-electron chi connectivity index (χ3n) is 5.02. The Kier molecular flexibility index (Phi) is 4.74. The molecule has 1 N–H and O–H groups in total. The highest BCUT2D eigenvalue weighted by atomic mass is 16.5. The first-order valence-electron chi connectivity index (χ1n) is 8.14. The van der Waals surface area contributed by atoms with Crippen LogP contribution in [0.2, 0.25) is 0 Å². The fourth-order valence-electron chi connectivity index (χ4n) is 3.89. The van der Waals surface area contributed by atoms with Gasteiger partial charge in [-0.2, -0.15) is 0 Å². The Morgan fingerprint density at radius 3 is 3.05 bits per heavy atom. The van der Waals surface area contributed by atoms with Gasteiger partial charge < -0.3 is 15.0 Å². The van der Waals surface area contributed by atoms with Gasteiger partial charge in [0.1, 0.15) is 0 Å². The second-order valence-corrected chi connectivity index (χ2v) is 6.45. The third-order valence-corrected chi connectivity index (χ3v) is 5.02. The average Bonchev–Trinajstić information content (AvgIpc) is 3.05. The van der Waals surface area contributed by atoms with Gasteiger partial charge in [0.25, 0.3) is 0 Å². The number of rotatable bonds is 5. The van der Waals surface area contributed by atoms with Crippen LogP contribution in [0, 0.1) is 5.92 Å². The van der Waals surface area contributed by atoms with Gasteiger partial charge in [-0.25, -0.2) is 0 Å². The summed E-state index contributed by atoms with van der Waals surface area (Å²) in [4.78, 5) is 5.38. The molecule has 0 saturated carbocycles. The van der Waals surface area contributed by atoms with Crippen molar-refractivity contribution in [1.82, 2.24) is 15.1 Å². The van der Waals surface area contributed by atoms with Crippen LogP contribution in [-0.2, 0) is 4.74 Å². The summed E-state index contributed by atoms with van der Waals surface area (Å²) in [7, 11) is 0. The van der Waals surface area contributed by atoms with Crippen molar-refractivity contribution in [3.05, 3.63) is 0 Å². The van der Waals surface area contributed by atoms with Gasteiger partial charge in [0.2, 0.25) is 0 Å². The SMILES string of the molecule is CCCNC1COCC1CN1CCN2CCCC2C1. The number of piperazine rings is 1. The molecule has 4 heteroatoms. The summed E-state index contributed by atoms with van der Waals surface area (Å²) in [6, 6.07) is 1.43. The Morgan fingerprint density at radius 1 is 1.21 bits per heavy atom. The van der Waals surface area contributed by atoms with Gasteiger partial charge in [0.15, 0.2) is 0 Å². The predicted octanol–water partition coefficient (Wildman–Crippen LogP) is 0.781. The van der Waals surface area contributed by atoms with E-state index >= 15 is 0 Å². The van der Waals surface area contributed by atoms with E-state index in [0.29, 0.717) is 12.0 Å². The van der Waals surface area contributed by atoms with Crippen LogP contribution in [0.4, 0.5) is 0 Å². The molecule has 0 spiro atoms. The molecule has 0 aliphatic carbocycles. The summed E-state index contributed by atoms with van der Waals surface area (Å²) in [5.74, 6) is 0.694. The first-order valence-corrected chi connectivity index (χ1v) is 8.14. The largest absolute Gasteiger partial charge is 0.379 e. The van der Waals surface area contributed by atoms with Crippen LogP contribution >= 0.6 is 0 Å². The van der Waals surface area contributed by atoms with Gasteiger partial charge in [-0.1, -0.05) is 6.92 Å². The molecule has 3 fully saturated rings. The summed E-state index contributed by atoms with van der Waals surface area (Å²) >= 11 is 0. The molecule has 0 amide bonds.